The zero-order chi connectivity index (χ0) is 47.3. The third kappa shape index (κ3) is 31.0. The fraction of sp³-hybridized carbons (Fsp3) is 0.897. The topological polar surface area (TPSA) is 40.6 Å². The van der Waals surface area contributed by atoms with Crippen molar-refractivity contribution >= 4 is 27.7 Å². The highest BCUT2D eigenvalue weighted by Gasteiger charge is 2.61. The third-order valence-corrected chi connectivity index (χ3v) is 15.6. The summed E-state index contributed by atoms with van der Waals surface area (Å²) in [6.07, 6.45) is 54.4. The van der Waals surface area contributed by atoms with Crippen molar-refractivity contribution in [2.24, 2.45) is 0 Å². The number of nitrogens with zero attached hydrogens (tertiary/aromatic N) is 3. The molecule has 0 unspecified atom stereocenters. The zero-order valence-electron chi connectivity index (χ0n) is 44.1. The van der Waals surface area contributed by atoms with Crippen molar-refractivity contribution in [3.8, 4) is 0 Å². The summed E-state index contributed by atoms with van der Waals surface area (Å²) in [5.74, 6) is -0.0987. The molecule has 0 saturated heterocycles. The lowest BCUT2D eigenvalue weighted by molar-refractivity contribution is -0.913. The number of halogens is 1. The number of hydrogen-bond acceptors (Lipinski definition) is 2. The van der Waals surface area contributed by atoms with Crippen LogP contribution in [0.25, 0.3) is 0 Å². The lowest BCUT2D eigenvalue weighted by Gasteiger charge is -2.47. The summed E-state index contributed by atoms with van der Waals surface area (Å²) < 4.78 is -1.24. The molecule has 0 bridgehead atoms. The normalized spacial score (nSPS) is 11.9. The summed E-state index contributed by atoms with van der Waals surface area (Å²) in [6.45, 7) is 21.3. The van der Waals surface area contributed by atoms with E-state index in [1.165, 1.54) is 205 Å². The molecular weight excluding hydrogens is 851 g/mol. The minimum Gasteiger partial charge on any atom is -0.336 e. The average molecular weight is 964 g/mol. The first kappa shape index (κ1) is 62.9. The lowest BCUT2D eigenvalue weighted by Crippen LogP contribution is -2.72. The molecule has 0 aromatic rings. The Kier molecular flexibility index (Phi) is 44.8. The summed E-state index contributed by atoms with van der Waals surface area (Å²) in [5, 5.41) is 0. The van der Waals surface area contributed by atoms with Crippen molar-refractivity contribution in [3.05, 3.63) is 25.3 Å². The first-order valence-corrected chi connectivity index (χ1v) is 29.4. The van der Waals surface area contributed by atoms with Gasteiger partial charge in [-0.1, -0.05) is 272 Å². The Hall–Kier alpha value is -1.14. The molecule has 0 saturated carbocycles. The lowest BCUT2D eigenvalue weighted by atomic mass is 10.0. The van der Waals surface area contributed by atoms with Crippen molar-refractivity contribution in [1.29, 1.82) is 0 Å². The van der Waals surface area contributed by atoms with Gasteiger partial charge in [0.15, 0.2) is 0 Å². The Balaban J connectivity index is 6.20. The van der Waals surface area contributed by atoms with E-state index in [9.17, 15) is 0 Å². The first-order chi connectivity index (χ1) is 31.2. The Labute approximate surface area is 410 Å². The Morgan fingerprint density at radius 1 is 0.375 bits per heavy atom. The zero-order valence-corrected chi connectivity index (χ0v) is 45.7. The fourth-order valence-corrected chi connectivity index (χ4v) is 10.4. The Bertz CT molecular complexity index is 942. The van der Waals surface area contributed by atoms with Gasteiger partial charge in [0.1, 0.15) is 0 Å². The van der Waals surface area contributed by atoms with E-state index in [0.29, 0.717) is 39.3 Å². The van der Waals surface area contributed by atoms with Gasteiger partial charge in [0.2, 0.25) is 0 Å². The van der Waals surface area contributed by atoms with Crippen LogP contribution in [-0.2, 0) is 9.59 Å². The van der Waals surface area contributed by atoms with Crippen LogP contribution in [0.3, 0.4) is 0 Å². The van der Waals surface area contributed by atoms with Crippen LogP contribution in [0.5, 0.6) is 0 Å². The van der Waals surface area contributed by atoms with Crippen LogP contribution >= 0.6 is 15.9 Å². The van der Waals surface area contributed by atoms with Gasteiger partial charge in [-0.2, -0.15) is 0 Å². The number of quaternary nitrogens is 1. The standard InChI is InChI=1S/C58H113BrN3O2/c1-8-14-18-22-26-30-34-38-42-46-50-60(51-47-43-39-35-31-27-23-19-15-9-2)56(63)58(59,62(7,54-12-5)55-13-6)57(64)61(52-48-44-40-36-32-28-24-20-16-10-3)53-49-45-41-37-33-29-25-21-17-11-4/h12-13H,5-6,8-11,14-55H2,1-4,7H3/q+1. The summed E-state index contributed by atoms with van der Waals surface area (Å²) in [7, 11) is 2.08. The highest BCUT2D eigenvalue weighted by atomic mass is 79.9. The Morgan fingerprint density at radius 2 is 0.547 bits per heavy atom. The molecule has 0 aliphatic carbocycles. The number of alkyl halides is 1. The molecule has 0 spiro atoms. The van der Waals surface area contributed by atoms with E-state index in [4.69, 9.17) is 0 Å². The fourth-order valence-electron chi connectivity index (χ4n) is 9.66. The van der Waals surface area contributed by atoms with Gasteiger partial charge < -0.3 is 9.80 Å². The summed E-state index contributed by atoms with van der Waals surface area (Å²) >= 11 is 4.11. The average Bonchev–Trinajstić information content (AvgIpc) is 3.29. The molecule has 0 heterocycles. The van der Waals surface area contributed by atoms with Gasteiger partial charge in [-0.05, 0) is 37.8 Å². The maximum absolute atomic E-state index is 15.5. The second kappa shape index (κ2) is 45.6. The number of rotatable bonds is 51. The van der Waals surface area contributed by atoms with Crippen LogP contribution in [0.2, 0.25) is 0 Å². The maximum Gasteiger partial charge on any atom is 0.311 e. The maximum atomic E-state index is 15.5. The predicted octanol–water partition coefficient (Wildman–Crippen LogP) is 18.2. The molecule has 2 amide bonds. The van der Waals surface area contributed by atoms with E-state index in [2.05, 4.69) is 73.6 Å². The monoisotopic (exact) mass is 963 g/mol. The molecule has 6 heteroatoms. The van der Waals surface area contributed by atoms with Gasteiger partial charge in [-0.3, -0.25) is 14.1 Å². The van der Waals surface area contributed by atoms with E-state index in [1.54, 1.807) is 0 Å². The number of carbonyl (C=O) groups excluding carboxylic acids is 2. The van der Waals surface area contributed by atoms with Crippen LogP contribution in [0.15, 0.2) is 25.3 Å². The smallest absolute Gasteiger partial charge is 0.311 e. The van der Waals surface area contributed by atoms with Crippen LogP contribution in [0.4, 0.5) is 0 Å². The molecule has 64 heavy (non-hydrogen) atoms. The second-order valence-corrected chi connectivity index (χ2v) is 21.4. The van der Waals surface area contributed by atoms with Crippen molar-refractivity contribution in [3.63, 3.8) is 0 Å². The molecular formula is C58H113BrN3O2+. The minimum atomic E-state index is -1.44. The molecule has 0 radical (unpaired) electrons. The number of likely N-dealkylation sites (N-methyl/N-ethyl adjacent to an activating group) is 1. The Morgan fingerprint density at radius 3 is 0.719 bits per heavy atom. The molecule has 0 aromatic heterocycles. The minimum absolute atomic E-state index is 0.0494. The van der Waals surface area contributed by atoms with Gasteiger partial charge in [-0.25, -0.2) is 0 Å². The molecule has 5 nitrogen and oxygen atoms in total. The van der Waals surface area contributed by atoms with E-state index in [-0.39, 0.29) is 16.3 Å². The summed E-state index contributed by atoms with van der Waals surface area (Å²) in [5.41, 5.74) is 0. The van der Waals surface area contributed by atoms with Gasteiger partial charge in [0, 0.05) is 42.1 Å². The third-order valence-electron chi connectivity index (χ3n) is 14.1. The van der Waals surface area contributed by atoms with E-state index in [0.717, 1.165) is 51.4 Å². The quantitative estimate of drug-likeness (QED) is 0.0152. The van der Waals surface area contributed by atoms with Crippen LogP contribution < -0.4 is 0 Å². The van der Waals surface area contributed by atoms with E-state index >= 15 is 9.59 Å². The molecule has 0 atom stereocenters. The van der Waals surface area contributed by atoms with Gasteiger partial charge in [0.05, 0.1) is 20.1 Å². The molecule has 0 N–H and O–H groups in total. The van der Waals surface area contributed by atoms with Crippen molar-refractivity contribution < 1.29 is 14.1 Å². The highest BCUT2D eigenvalue weighted by Crippen LogP contribution is 2.36. The molecule has 0 fully saturated rings. The van der Waals surface area contributed by atoms with Crippen LogP contribution in [-0.4, -0.2) is 76.9 Å². The molecule has 378 valence electrons. The van der Waals surface area contributed by atoms with Crippen molar-refractivity contribution in [2.45, 2.75) is 289 Å². The van der Waals surface area contributed by atoms with Crippen molar-refractivity contribution in [1.82, 2.24) is 9.80 Å². The molecule has 0 aliphatic rings. The number of unbranched alkanes of at least 4 members (excludes halogenated alkanes) is 36. The number of hydrogen-bond donors (Lipinski definition) is 0. The van der Waals surface area contributed by atoms with E-state index < -0.39 is 4.45 Å². The van der Waals surface area contributed by atoms with Gasteiger partial charge >= 0.3 is 16.3 Å². The number of carbonyl (C=O) groups is 2. The number of amides is 2. The molecule has 0 aromatic carbocycles. The van der Waals surface area contributed by atoms with Crippen LogP contribution in [0, 0.1) is 0 Å². The van der Waals surface area contributed by atoms with E-state index in [1.807, 2.05) is 12.2 Å². The SMILES string of the molecule is C=CC[N+](C)(CC=C)C(Br)(C(=O)N(CCCCCCCCCCCC)CCCCCCCCCCCC)C(=O)N(CCCCCCCCCCCC)CCCCCCCCCCCC. The summed E-state index contributed by atoms with van der Waals surface area (Å²) in [6, 6.07) is 0. The highest BCUT2D eigenvalue weighted by molar-refractivity contribution is 9.10. The first-order valence-electron chi connectivity index (χ1n) is 28.6. The van der Waals surface area contributed by atoms with Crippen LogP contribution in [0.1, 0.15) is 285 Å². The van der Waals surface area contributed by atoms with Gasteiger partial charge in [-0.15, -0.1) is 0 Å². The summed E-state index contributed by atoms with van der Waals surface area (Å²) in [4.78, 5) is 35.2. The largest absolute Gasteiger partial charge is 0.336 e. The van der Waals surface area contributed by atoms with Crippen molar-refractivity contribution in [2.75, 3.05) is 46.3 Å². The van der Waals surface area contributed by atoms with Gasteiger partial charge in [0.25, 0.3) is 0 Å². The molecule has 0 rings (SSSR count). The molecule has 0 aliphatic heterocycles. The predicted molar refractivity (Wildman–Crippen MR) is 289 cm³/mol. The second-order valence-electron chi connectivity index (χ2n) is 20.3.